The van der Waals surface area contributed by atoms with E-state index in [1.165, 1.54) is 24.3 Å². The molecule has 2 saturated heterocycles. The molecule has 11 nitrogen and oxygen atoms in total. The molecule has 0 radical (unpaired) electrons. The smallest absolute Gasteiger partial charge is 0.340 e. The lowest BCUT2D eigenvalue weighted by atomic mass is 10.1. The van der Waals surface area contributed by atoms with Crippen LogP contribution in [0, 0.1) is 13.8 Å². The van der Waals surface area contributed by atoms with Crippen molar-refractivity contribution in [3.63, 3.8) is 0 Å². The summed E-state index contributed by atoms with van der Waals surface area (Å²) < 4.78 is 77.2. The molecule has 35 heavy (non-hydrogen) atoms. The van der Waals surface area contributed by atoms with Gasteiger partial charge >= 0.3 is 11.9 Å². The van der Waals surface area contributed by atoms with Crippen molar-refractivity contribution in [3.05, 3.63) is 59.7 Å². The van der Waals surface area contributed by atoms with E-state index in [4.69, 9.17) is 22.6 Å². The molecule has 188 valence electrons. The van der Waals surface area contributed by atoms with Gasteiger partial charge in [0.25, 0.3) is 20.2 Å². The summed E-state index contributed by atoms with van der Waals surface area (Å²) in [5.41, 5.74) is 1.62. The summed E-state index contributed by atoms with van der Waals surface area (Å²) in [6.45, 7) is 4.60. The largest absolute Gasteiger partial charge is 0.454 e. The molecule has 0 unspecified atom stereocenters. The fourth-order valence-corrected chi connectivity index (χ4v) is 5.74. The summed E-state index contributed by atoms with van der Waals surface area (Å²) in [7, 11) is -8.83. The second-order valence-electron chi connectivity index (χ2n) is 8.09. The number of benzene rings is 2. The predicted octanol–water partition coefficient (Wildman–Crippen LogP) is 1.36. The average molecular weight is 527 g/mol. The zero-order chi connectivity index (χ0) is 25.5. The monoisotopic (exact) mass is 526 g/mol. The molecule has 2 heterocycles. The van der Waals surface area contributed by atoms with Crippen LogP contribution in [0.1, 0.15) is 18.1 Å². The van der Waals surface area contributed by atoms with Crippen LogP contribution in [0.2, 0.25) is 0 Å². The van der Waals surface area contributed by atoms with Gasteiger partial charge in [0.15, 0.2) is 12.2 Å². The molecule has 0 aromatic heterocycles. The van der Waals surface area contributed by atoms with E-state index in [0.717, 1.165) is 18.1 Å². The van der Waals surface area contributed by atoms with Gasteiger partial charge in [0, 0.05) is 6.92 Å². The van der Waals surface area contributed by atoms with Gasteiger partial charge < -0.3 is 14.2 Å². The van der Waals surface area contributed by atoms with Gasteiger partial charge in [-0.05, 0) is 38.1 Å². The minimum Gasteiger partial charge on any atom is -0.454 e. The van der Waals surface area contributed by atoms with E-state index in [1.807, 2.05) is 0 Å². The van der Waals surface area contributed by atoms with Gasteiger partial charge in [-0.3, -0.25) is 8.98 Å². The Bertz CT molecular complexity index is 1330. The van der Waals surface area contributed by atoms with Gasteiger partial charge in [0.1, 0.15) is 6.10 Å². The molecule has 4 rings (SSSR count). The van der Waals surface area contributed by atoms with Crippen molar-refractivity contribution >= 4 is 32.2 Å². The third-order valence-electron chi connectivity index (χ3n) is 5.36. The summed E-state index contributed by atoms with van der Waals surface area (Å²) in [5, 5.41) is 0. The highest BCUT2D eigenvalue weighted by molar-refractivity contribution is 7.87. The van der Waals surface area contributed by atoms with Crippen LogP contribution >= 0.6 is 0 Å². The maximum absolute atomic E-state index is 12.8. The van der Waals surface area contributed by atoms with E-state index in [1.54, 1.807) is 38.1 Å². The Labute approximate surface area is 202 Å². The van der Waals surface area contributed by atoms with Crippen LogP contribution in [0.5, 0.6) is 0 Å². The maximum atomic E-state index is 12.8. The number of carbonyl (C=O) groups is 2. The SMILES string of the molecule is CC(=O)O[C@@H]1O[C@H]2[C@H](OC(=O)[C@H]2OS(=O)(=O)c2ccc(C)cc2)[C@H]1OS(=O)(=O)c1ccc(C)cc1. The van der Waals surface area contributed by atoms with E-state index >= 15 is 0 Å². The molecule has 0 bridgehead atoms. The number of ether oxygens (including phenoxy) is 3. The fraction of sp³-hybridized carbons (Fsp3) is 0.364. The summed E-state index contributed by atoms with van der Waals surface area (Å²) in [6, 6.07) is 11.5. The lowest BCUT2D eigenvalue weighted by molar-refractivity contribution is -0.190. The second-order valence-corrected chi connectivity index (χ2v) is 11.2. The molecule has 2 aliphatic heterocycles. The Morgan fingerprint density at radius 1 is 0.800 bits per heavy atom. The summed E-state index contributed by atoms with van der Waals surface area (Å²) in [5.74, 6) is -1.93. The quantitative estimate of drug-likeness (QED) is 0.380. The highest BCUT2D eigenvalue weighted by Gasteiger charge is 2.62. The molecule has 0 aliphatic carbocycles. The van der Waals surface area contributed by atoms with Crippen molar-refractivity contribution in [2.75, 3.05) is 0 Å². The third-order valence-corrected chi connectivity index (χ3v) is 7.99. The van der Waals surface area contributed by atoms with Crippen LogP contribution in [0.4, 0.5) is 0 Å². The van der Waals surface area contributed by atoms with Gasteiger partial charge in [-0.25, -0.2) is 8.98 Å². The van der Waals surface area contributed by atoms with Crippen molar-refractivity contribution in [2.45, 2.75) is 61.3 Å². The first-order chi connectivity index (χ1) is 16.4. The first kappa shape index (κ1) is 25.3. The standard InChI is InChI=1S/C22H22O11S2/c1-12-4-8-15(9-5-12)34(25,26)32-19-17-18(30-21(19)24)20(22(31-17)29-14(3)23)33-35(27,28)16-10-6-13(2)7-11-16/h4-11,17-20,22H,1-3H3/t17-,18-,19-,20+,22+/m0/s1. The molecule has 0 N–H and O–H groups in total. The highest BCUT2D eigenvalue weighted by atomic mass is 32.2. The first-order valence-electron chi connectivity index (χ1n) is 10.4. The molecular formula is C22H22O11S2. The Hall–Kier alpha value is -2.84. The molecular weight excluding hydrogens is 504 g/mol. The topological polar surface area (TPSA) is 149 Å². The van der Waals surface area contributed by atoms with Crippen molar-refractivity contribution in [1.29, 1.82) is 0 Å². The van der Waals surface area contributed by atoms with Gasteiger partial charge in [-0.15, -0.1) is 0 Å². The molecule has 13 heteroatoms. The fourth-order valence-electron chi connectivity index (χ4n) is 3.62. The number of hydrogen-bond donors (Lipinski definition) is 0. The zero-order valence-corrected chi connectivity index (χ0v) is 20.4. The zero-order valence-electron chi connectivity index (χ0n) is 18.8. The normalized spacial score (nSPS) is 26.3. The summed E-state index contributed by atoms with van der Waals surface area (Å²) in [6.07, 6.45) is -7.84. The summed E-state index contributed by atoms with van der Waals surface area (Å²) in [4.78, 5) is 23.7. The summed E-state index contributed by atoms with van der Waals surface area (Å²) >= 11 is 0. The molecule has 2 aromatic carbocycles. The Balaban J connectivity index is 1.60. The molecule has 0 saturated carbocycles. The van der Waals surface area contributed by atoms with E-state index in [2.05, 4.69) is 0 Å². The number of aryl methyl sites for hydroxylation is 2. The average Bonchev–Trinajstić information content (AvgIpc) is 3.23. The number of fused-ring (bicyclic) bond motifs is 1. The number of esters is 2. The third kappa shape index (κ3) is 5.23. The Kier molecular flexibility index (Phi) is 6.72. The van der Waals surface area contributed by atoms with Crippen LogP contribution in [0.25, 0.3) is 0 Å². The van der Waals surface area contributed by atoms with Gasteiger partial charge in [0.05, 0.1) is 9.79 Å². The molecule has 5 atom stereocenters. The van der Waals surface area contributed by atoms with E-state index in [9.17, 15) is 26.4 Å². The second kappa shape index (κ2) is 9.32. The van der Waals surface area contributed by atoms with Crippen molar-refractivity contribution in [1.82, 2.24) is 0 Å². The lowest BCUT2D eigenvalue weighted by Crippen LogP contribution is -2.38. The van der Waals surface area contributed by atoms with E-state index < -0.39 is 62.9 Å². The van der Waals surface area contributed by atoms with Gasteiger partial charge in [-0.2, -0.15) is 16.8 Å². The Morgan fingerprint density at radius 2 is 1.29 bits per heavy atom. The van der Waals surface area contributed by atoms with Gasteiger partial charge in [-0.1, -0.05) is 35.4 Å². The number of rotatable bonds is 7. The molecule has 0 spiro atoms. The van der Waals surface area contributed by atoms with Crippen LogP contribution in [0.15, 0.2) is 58.3 Å². The lowest BCUT2D eigenvalue weighted by Gasteiger charge is -2.21. The molecule has 2 aromatic rings. The Morgan fingerprint density at radius 3 is 1.77 bits per heavy atom. The highest BCUT2D eigenvalue weighted by Crippen LogP contribution is 2.38. The minimum atomic E-state index is -4.42. The van der Waals surface area contributed by atoms with Crippen LogP contribution in [-0.2, 0) is 52.4 Å². The molecule has 0 amide bonds. The number of carbonyl (C=O) groups excluding carboxylic acids is 2. The van der Waals surface area contributed by atoms with Crippen molar-refractivity contribution in [2.24, 2.45) is 0 Å². The minimum absolute atomic E-state index is 0.188. The van der Waals surface area contributed by atoms with Crippen LogP contribution in [-0.4, -0.2) is 59.5 Å². The molecule has 2 fully saturated rings. The maximum Gasteiger partial charge on any atom is 0.340 e. The van der Waals surface area contributed by atoms with Crippen LogP contribution in [0.3, 0.4) is 0 Å². The number of hydrogen-bond acceptors (Lipinski definition) is 11. The van der Waals surface area contributed by atoms with Crippen LogP contribution < -0.4 is 0 Å². The predicted molar refractivity (Wildman–Crippen MR) is 117 cm³/mol. The van der Waals surface area contributed by atoms with E-state index in [0.29, 0.717) is 0 Å². The van der Waals surface area contributed by atoms with E-state index in [-0.39, 0.29) is 9.79 Å². The van der Waals surface area contributed by atoms with Gasteiger partial charge in [0.2, 0.25) is 12.4 Å². The molecule has 2 aliphatic rings. The van der Waals surface area contributed by atoms with Crippen molar-refractivity contribution in [3.8, 4) is 0 Å². The first-order valence-corrected chi connectivity index (χ1v) is 13.2. The van der Waals surface area contributed by atoms with Crippen molar-refractivity contribution < 1.29 is 49.0 Å².